The summed E-state index contributed by atoms with van der Waals surface area (Å²) in [6, 6.07) is 12.0. The van der Waals surface area contributed by atoms with Crippen LogP contribution in [0.2, 0.25) is 0 Å². The van der Waals surface area contributed by atoms with Crippen molar-refractivity contribution in [3.63, 3.8) is 0 Å². The van der Waals surface area contributed by atoms with Crippen LogP contribution in [-0.2, 0) is 6.54 Å². The van der Waals surface area contributed by atoms with Gasteiger partial charge in [0.1, 0.15) is 24.7 Å². The number of benzene rings is 2. The number of hydrogen-bond acceptors (Lipinski definition) is 5. The molecule has 0 unspecified atom stereocenters. The molecule has 1 N–H and O–H groups in total. The third-order valence-corrected chi connectivity index (χ3v) is 4.15. The van der Waals surface area contributed by atoms with Gasteiger partial charge in [-0.2, -0.15) is 0 Å². The monoisotopic (exact) mass is 329 g/mol. The molecule has 5 nitrogen and oxygen atoms in total. The van der Waals surface area contributed by atoms with Gasteiger partial charge in [-0.05, 0) is 19.1 Å². The minimum absolute atomic E-state index is 0.117. The van der Waals surface area contributed by atoms with E-state index in [4.69, 9.17) is 18.9 Å². The van der Waals surface area contributed by atoms with Crippen molar-refractivity contribution in [1.29, 1.82) is 0 Å². The van der Waals surface area contributed by atoms with Crippen molar-refractivity contribution in [3.05, 3.63) is 47.5 Å². The average Bonchev–Trinajstić information content (AvgIpc) is 2.65. The first kappa shape index (κ1) is 16.5. The fourth-order valence-corrected chi connectivity index (χ4v) is 2.82. The second kappa shape index (κ2) is 7.45. The van der Waals surface area contributed by atoms with Gasteiger partial charge in [0.05, 0.1) is 14.2 Å². The predicted molar refractivity (Wildman–Crippen MR) is 92.2 cm³/mol. The Morgan fingerprint density at radius 1 is 1.08 bits per heavy atom. The van der Waals surface area contributed by atoms with E-state index >= 15 is 0 Å². The first-order chi connectivity index (χ1) is 11.7. The maximum Gasteiger partial charge on any atom is 0.165 e. The van der Waals surface area contributed by atoms with Gasteiger partial charge in [-0.3, -0.25) is 0 Å². The smallest absolute Gasteiger partial charge is 0.165 e. The fourth-order valence-electron chi connectivity index (χ4n) is 2.82. The summed E-state index contributed by atoms with van der Waals surface area (Å²) in [6.07, 6.45) is 0. The second-order valence-electron chi connectivity index (χ2n) is 5.65. The molecule has 0 bridgehead atoms. The summed E-state index contributed by atoms with van der Waals surface area (Å²) < 4.78 is 22.1. The molecule has 3 rings (SSSR count). The second-order valence-corrected chi connectivity index (χ2v) is 5.65. The van der Waals surface area contributed by atoms with Gasteiger partial charge in [0.15, 0.2) is 11.5 Å². The van der Waals surface area contributed by atoms with E-state index in [0.717, 1.165) is 34.1 Å². The Hall–Kier alpha value is -2.40. The number of para-hydroxylation sites is 1. The number of rotatable bonds is 6. The average molecular weight is 329 g/mol. The number of hydrogen-bond donors (Lipinski definition) is 1. The Morgan fingerprint density at radius 2 is 1.92 bits per heavy atom. The third-order valence-electron chi connectivity index (χ3n) is 4.15. The van der Waals surface area contributed by atoms with Crippen LogP contribution in [0.5, 0.6) is 23.0 Å². The van der Waals surface area contributed by atoms with Gasteiger partial charge in [-0.25, -0.2) is 0 Å². The van der Waals surface area contributed by atoms with E-state index in [0.29, 0.717) is 19.8 Å². The van der Waals surface area contributed by atoms with Crippen LogP contribution in [0.15, 0.2) is 36.4 Å². The van der Waals surface area contributed by atoms with Gasteiger partial charge in [-0.15, -0.1) is 0 Å². The summed E-state index contributed by atoms with van der Waals surface area (Å²) in [5.74, 6) is 3.25. The highest BCUT2D eigenvalue weighted by molar-refractivity contribution is 5.47. The summed E-state index contributed by atoms with van der Waals surface area (Å²) in [5.41, 5.74) is 2.17. The molecule has 1 aliphatic heterocycles. The van der Waals surface area contributed by atoms with Crippen LogP contribution in [0, 0.1) is 0 Å². The molecule has 1 aliphatic rings. The van der Waals surface area contributed by atoms with E-state index in [2.05, 4.69) is 18.3 Å². The van der Waals surface area contributed by atoms with Crippen molar-refractivity contribution in [2.45, 2.75) is 19.5 Å². The molecular formula is C19H23NO4. The Balaban J connectivity index is 1.73. The predicted octanol–water partition coefficient (Wildman–Crippen LogP) is 3.33. The molecule has 2 aromatic carbocycles. The lowest BCUT2D eigenvalue weighted by atomic mass is 10.1. The maximum atomic E-state index is 5.76. The van der Waals surface area contributed by atoms with Crippen molar-refractivity contribution in [3.8, 4) is 23.0 Å². The molecule has 0 spiro atoms. The molecule has 0 aliphatic carbocycles. The molecule has 2 aromatic rings. The van der Waals surface area contributed by atoms with Gasteiger partial charge in [0.25, 0.3) is 0 Å². The minimum atomic E-state index is 0.117. The van der Waals surface area contributed by atoms with Crippen LogP contribution < -0.4 is 24.3 Å². The topological polar surface area (TPSA) is 49.0 Å². The molecule has 128 valence electrons. The number of ether oxygens (including phenoxy) is 4. The molecule has 1 heterocycles. The maximum absolute atomic E-state index is 5.76. The van der Waals surface area contributed by atoms with Crippen molar-refractivity contribution >= 4 is 0 Å². The van der Waals surface area contributed by atoms with Crippen molar-refractivity contribution in [1.82, 2.24) is 5.32 Å². The molecule has 0 amide bonds. The SMILES string of the molecule is COc1ccc([C@@H](C)NCc2cccc3c2OCCO3)c(OC)c1. The van der Waals surface area contributed by atoms with Gasteiger partial charge in [-0.1, -0.05) is 18.2 Å². The highest BCUT2D eigenvalue weighted by Gasteiger charge is 2.17. The van der Waals surface area contributed by atoms with E-state index < -0.39 is 0 Å². The number of nitrogens with one attached hydrogen (secondary N) is 1. The summed E-state index contributed by atoms with van der Waals surface area (Å²) in [6.45, 7) is 3.98. The summed E-state index contributed by atoms with van der Waals surface area (Å²) in [7, 11) is 3.32. The molecule has 24 heavy (non-hydrogen) atoms. The van der Waals surface area contributed by atoms with E-state index in [1.807, 2.05) is 30.3 Å². The summed E-state index contributed by atoms with van der Waals surface area (Å²) in [4.78, 5) is 0. The van der Waals surface area contributed by atoms with Gasteiger partial charge >= 0.3 is 0 Å². The Bertz CT molecular complexity index is 702. The van der Waals surface area contributed by atoms with E-state index in [1.54, 1.807) is 14.2 Å². The van der Waals surface area contributed by atoms with Gasteiger partial charge < -0.3 is 24.3 Å². The molecule has 5 heteroatoms. The third kappa shape index (κ3) is 3.41. The molecular weight excluding hydrogens is 306 g/mol. The molecule has 0 radical (unpaired) electrons. The quantitative estimate of drug-likeness (QED) is 0.881. The van der Waals surface area contributed by atoms with Crippen LogP contribution in [0.4, 0.5) is 0 Å². The molecule has 0 saturated heterocycles. The normalized spacial score (nSPS) is 14.1. The zero-order valence-electron chi connectivity index (χ0n) is 14.3. The largest absolute Gasteiger partial charge is 0.497 e. The number of fused-ring (bicyclic) bond motifs is 1. The molecule has 0 saturated carbocycles. The fraction of sp³-hybridized carbons (Fsp3) is 0.368. The van der Waals surface area contributed by atoms with Crippen molar-refractivity contribution < 1.29 is 18.9 Å². The van der Waals surface area contributed by atoms with Gasteiger partial charge in [0.2, 0.25) is 0 Å². The van der Waals surface area contributed by atoms with Crippen LogP contribution in [-0.4, -0.2) is 27.4 Å². The zero-order valence-corrected chi connectivity index (χ0v) is 14.3. The van der Waals surface area contributed by atoms with Crippen molar-refractivity contribution in [2.75, 3.05) is 27.4 Å². The lowest BCUT2D eigenvalue weighted by Gasteiger charge is -2.22. The van der Waals surface area contributed by atoms with Crippen molar-refractivity contribution in [2.24, 2.45) is 0 Å². The van der Waals surface area contributed by atoms with E-state index in [1.165, 1.54) is 0 Å². The summed E-state index contributed by atoms with van der Waals surface area (Å²) >= 11 is 0. The molecule has 0 aromatic heterocycles. The Morgan fingerprint density at radius 3 is 2.71 bits per heavy atom. The van der Waals surface area contributed by atoms with Crippen LogP contribution >= 0.6 is 0 Å². The van der Waals surface area contributed by atoms with E-state index in [-0.39, 0.29) is 6.04 Å². The standard InChI is InChI=1S/C19H23NO4/c1-13(16-8-7-15(21-2)11-18(16)22-3)20-12-14-5-4-6-17-19(14)24-10-9-23-17/h4-8,11,13,20H,9-10,12H2,1-3H3/t13-/m1/s1. The number of methoxy groups -OCH3 is 2. The first-order valence-electron chi connectivity index (χ1n) is 8.05. The van der Waals surface area contributed by atoms with Crippen LogP contribution in [0.25, 0.3) is 0 Å². The van der Waals surface area contributed by atoms with Gasteiger partial charge in [0, 0.05) is 29.8 Å². The highest BCUT2D eigenvalue weighted by atomic mass is 16.6. The summed E-state index contributed by atoms with van der Waals surface area (Å²) in [5, 5.41) is 3.52. The highest BCUT2D eigenvalue weighted by Crippen LogP contribution is 2.34. The minimum Gasteiger partial charge on any atom is -0.497 e. The zero-order chi connectivity index (χ0) is 16.9. The lowest BCUT2D eigenvalue weighted by molar-refractivity contribution is 0.169. The Kier molecular flexibility index (Phi) is 5.11. The van der Waals surface area contributed by atoms with Crippen LogP contribution in [0.1, 0.15) is 24.1 Å². The first-order valence-corrected chi connectivity index (χ1v) is 8.05. The van der Waals surface area contributed by atoms with E-state index in [9.17, 15) is 0 Å². The van der Waals surface area contributed by atoms with Crippen LogP contribution in [0.3, 0.4) is 0 Å². The molecule has 0 fully saturated rings. The Labute approximate surface area is 142 Å². The molecule has 1 atom stereocenters. The lowest BCUT2D eigenvalue weighted by Crippen LogP contribution is -2.21.